The fraction of sp³-hybridized carbons (Fsp3) is 0.333. The van der Waals surface area contributed by atoms with Crippen LogP contribution in [0.4, 0.5) is 11.5 Å². The molecule has 0 spiro atoms. The number of aliphatic hydroxyl groups is 1. The second-order valence-corrected chi connectivity index (χ2v) is 7.25. The molecule has 9 heteroatoms. The van der Waals surface area contributed by atoms with Crippen molar-refractivity contribution in [3.63, 3.8) is 0 Å². The molecule has 1 aromatic heterocycles. The highest BCUT2D eigenvalue weighted by molar-refractivity contribution is 7.92. The molecule has 0 aliphatic heterocycles. The van der Waals surface area contributed by atoms with Gasteiger partial charge in [0.2, 0.25) is 0 Å². The lowest BCUT2D eigenvalue weighted by atomic mass is 10.3. The molecule has 0 aliphatic carbocycles. The minimum Gasteiger partial charge on any atom is -0.390 e. The van der Waals surface area contributed by atoms with Gasteiger partial charge in [-0.2, -0.15) is 0 Å². The average Bonchev–Trinajstić information content (AvgIpc) is 2.51. The van der Waals surface area contributed by atoms with Crippen LogP contribution in [0, 0.1) is 13.8 Å². The maximum atomic E-state index is 12.4. The van der Waals surface area contributed by atoms with E-state index in [0.717, 1.165) is 0 Å². The van der Waals surface area contributed by atoms with Gasteiger partial charge >= 0.3 is 0 Å². The fourth-order valence-electron chi connectivity index (χ4n) is 2.01. The first-order valence-electron chi connectivity index (χ1n) is 7.23. The number of nitrogens with zero attached hydrogens (tertiary/aromatic N) is 2. The lowest BCUT2D eigenvalue weighted by Gasteiger charge is -2.11. The Hall–Kier alpha value is -1.90. The van der Waals surface area contributed by atoms with Crippen LogP contribution in [-0.4, -0.2) is 42.0 Å². The van der Waals surface area contributed by atoms with Crippen LogP contribution in [0.3, 0.4) is 0 Å². The zero-order valence-corrected chi connectivity index (χ0v) is 14.9. The zero-order chi connectivity index (χ0) is 17.7. The number of benzene rings is 1. The maximum absolute atomic E-state index is 12.4. The third kappa shape index (κ3) is 5.05. The number of hydrogen-bond acceptors (Lipinski definition) is 6. The van der Waals surface area contributed by atoms with Gasteiger partial charge in [-0.15, -0.1) is 11.6 Å². The van der Waals surface area contributed by atoms with Gasteiger partial charge in [-0.3, -0.25) is 4.72 Å². The molecule has 24 heavy (non-hydrogen) atoms. The van der Waals surface area contributed by atoms with Gasteiger partial charge in [0.05, 0.1) is 16.9 Å². The highest BCUT2D eigenvalue weighted by Crippen LogP contribution is 2.17. The minimum absolute atomic E-state index is 0.111. The summed E-state index contributed by atoms with van der Waals surface area (Å²) in [4.78, 5) is 8.28. The Morgan fingerprint density at radius 2 is 1.88 bits per heavy atom. The third-order valence-electron chi connectivity index (χ3n) is 3.09. The number of alkyl halides is 1. The van der Waals surface area contributed by atoms with Gasteiger partial charge in [0.15, 0.2) is 0 Å². The number of sulfonamides is 1. The first kappa shape index (κ1) is 18.4. The van der Waals surface area contributed by atoms with E-state index in [1.165, 1.54) is 12.1 Å². The molecule has 130 valence electrons. The third-order valence-corrected chi connectivity index (χ3v) is 4.82. The topological polar surface area (TPSA) is 104 Å². The predicted octanol–water partition coefficient (Wildman–Crippen LogP) is 1.91. The second-order valence-electron chi connectivity index (χ2n) is 5.26. The number of hydrogen-bond donors (Lipinski definition) is 3. The van der Waals surface area contributed by atoms with Crippen molar-refractivity contribution in [3.05, 3.63) is 41.9 Å². The summed E-state index contributed by atoms with van der Waals surface area (Å²) in [7, 11) is -3.74. The van der Waals surface area contributed by atoms with Crippen LogP contribution >= 0.6 is 11.6 Å². The molecule has 0 aliphatic rings. The monoisotopic (exact) mass is 370 g/mol. The first-order valence-corrected chi connectivity index (χ1v) is 9.25. The largest absolute Gasteiger partial charge is 0.390 e. The van der Waals surface area contributed by atoms with E-state index >= 15 is 0 Å². The molecule has 0 fully saturated rings. The summed E-state index contributed by atoms with van der Waals surface area (Å²) < 4.78 is 27.2. The van der Waals surface area contributed by atoms with E-state index < -0.39 is 16.1 Å². The molecule has 0 saturated carbocycles. The predicted molar refractivity (Wildman–Crippen MR) is 94.0 cm³/mol. The van der Waals surface area contributed by atoms with Gasteiger partial charge in [-0.1, -0.05) is 0 Å². The average molecular weight is 371 g/mol. The van der Waals surface area contributed by atoms with Crippen molar-refractivity contribution in [2.45, 2.75) is 24.8 Å². The lowest BCUT2D eigenvalue weighted by Crippen LogP contribution is -2.20. The standard InChI is InChI=1S/C15H19ClN4O3S/c1-10-7-15(19-11(2)18-10)20-24(22,23)14-5-3-12(4-6-14)17-9-13(21)8-16/h3-7,13,17,21H,8-9H2,1-2H3,(H,18,19,20). The number of rotatable bonds is 7. The molecule has 0 radical (unpaired) electrons. The quantitative estimate of drug-likeness (QED) is 0.643. The molecule has 1 heterocycles. The minimum atomic E-state index is -3.74. The number of halogens is 1. The molecule has 0 bridgehead atoms. The van der Waals surface area contributed by atoms with Crippen LogP contribution in [0.25, 0.3) is 0 Å². The van der Waals surface area contributed by atoms with Crippen molar-refractivity contribution in [2.75, 3.05) is 22.5 Å². The van der Waals surface area contributed by atoms with E-state index in [1.807, 2.05) is 0 Å². The summed E-state index contributed by atoms with van der Waals surface area (Å²) >= 11 is 5.51. The molecule has 0 amide bonds. The van der Waals surface area contributed by atoms with E-state index in [-0.39, 0.29) is 23.1 Å². The Bertz CT molecular complexity index is 777. The highest BCUT2D eigenvalue weighted by atomic mass is 35.5. The van der Waals surface area contributed by atoms with Gasteiger partial charge in [-0.25, -0.2) is 18.4 Å². The van der Waals surface area contributed by atoms with Crippen molar-refractivity contribution in [1.82, 2.24) is 9.97 Å². The summed E-state index contributed by atoms with van der Waals surface area (Å²) in [5.41, 5.74) is 1.37. The van der Waals surface area contributed by atoms with E-state index in [1.54, 1.807) is 32.0 Å². The fourth-order valence-corrected chi connectivity index (χ4v) is 3.11. The molecule has 0 saturated heterocycles. The molecule has 1 unspecified atom stereocenters. The van der Waals surface area contributed by atoms with Crippen LogP contribution in [0.15, 0.2) is 35.2 Å². The Morgan fingerprint density at radius 3 is 2.46 bits per heavy atom. The molecule has 3 N–H and O–H groups in total. The van der Waals surface area contributed by atoms with E-state index in [4.69, 9.17) is 11.6 Å². The van der Waals surface area contributed by atoms with Crippen molar-refractivity contribution < 1.29 is 13.5 Å². The maximum Gasteiger partial charge on any atom is 0.263 e. The Kier molecular flexibility index (Phi) is 5.98. The molecule has 2 aromatic rings. The van der Waals surface area contributed by atoms with Crippen molar-refractivity contribution in [1.29, 1.82) is 0 Å². The van der Waals surface area contributed by atoms with Crippen molar-refractivity contribution in [2.24, 2.45) is 0 Å². The number of nitrogens with one attached hydrogen (secondary N) is 2. The normalized spacial score (nSPS) is 12.7. The first-order chi connectivity index (χ1) is 11.3. The lowest BCUT2D eigenvalue weighted by molar-refractivity contribution is 0.211. The van der Waals surface area contributed by atoms with Crippen LogP contribution in [-0.2, 0) is 10.0 Å². The molecular formula is C15H19ClN4O3S. The summed E-state index contributed by atoms with van der Waals surface area (Å²) in [6.45, 7) is 3.75. The van der Waals surface area contributed by atoms with Crippen LogP contribution < -0.4 is 10.0 Å². The van der Waals surface area contributed by atoms with Crippen molar-refractivity contribution in [3.8, 4) is 0 Å². The van der Waals surface area contributed by atoms with Gasteiger partial charge in [-0.05, 0) is 38.1 Å². The van der Waals surface area contributed by atoms with Gasteiger partial charge < -0.3 is 10.4 Å². The molecule has 1 aromatic carbocycles. The summed E-state index contributed by atoms with van der Waals surface area (Å²) in [6.07, 6.45) is -0.666. The van der Waals surface area contributed by atoms with Crippen LogP contribution in [0.1, 0.15) is 11.5 Å². The number of anilines is 2. The van der Waals surface area contributed by atoms with E-state index in [2.05, 4.69) is 20.0 Å². The van der Waals surface area contributed by atoms with Gasteiger partial charge in [0, 0.05) is 24.0 Å². The number of aryl methyl sites for hydroxylation is 2. The SMILES string of the molecule is Cc1cc(NS(=O)(=O)c2ccc(NCC(O)CCl)cc2)nc(C)n1. The summed E-state index contributed by atoms with van der Waals surface area (Å²) in [6, 6.07) is 7.74. The smallest absolute Gasteiger partial charge is 0.263 e. The Morgan fingerprint density at radius 1 is 1.21 bits per heavy atom. The molecule has 2 rings (SSSR count). The van der Waals surface area contributed by atoms with Crippen molar-refractivity contribution >= 4 is 33.1 Å². The summed E-state index contributed by atoms with van der Waals surface area (Å²) in [5, 5.41) is 12.4. The van der Waals surface area contributed by atoms with Crippen LogP contribution in [0.2, 0.25) is 0 Å². The zero-order valence-electron chi connectivity index (χ0n) is 13.3. The van der Waals surface area contributed by atoms with E-state index in [0.29, 0.717) is 17.2 Å². The Labute approximate surface area is 146 Å². The Balaban J connectivity index is 2.11. The second kappa shape index (κ2) is 7.78. The van der Waals surface area contributed by atoms with E-state index in [9.17, 15) is 13.5 Å². The number of aromatic nitrogens is 2. The highest BCUT2D eigenvalue weighted by Gasteiger charge is 2.15. The van der Waals surface area contributed by atoms with Crippen LogP contribution in [0.5, 0.6) is 0 Å². The number of aliphatic hydroxyl groups excluding tert-OH is 1. The summed E-state index contributed by atoms with van der Waals surface area (Å²) in [5.74, 6) is 0.846. The molecule has 7 nitrogen and oxygen atoms in total. The molecule has 1 atom stereocenters. The van der Waals surface area contributed by atoms with Gasteiger partial charge in [0.1, 0.15) is 11.6 Å². The van der Waals surface area contributed by atoms with Gasteiger partial charge in [0.25, 0.3) is 10.0 Å². The molecular weight excluding hydrogens is 352 g/mol.